The molecule has 0 bridgehead atoms. The van der Waals surface area contributed by atoms with E-state index < -0.39 is 0 Å². The molecule has 5 heteroatoms. The van der Waals surface area contributed by atoms with Crippen molar-refractivity contribution in [3.63, 3.8) is 0 Å². The molecular formula is C22H20N2O2S. The van der Waals surface area contributed by atoms with Gasteiger partial charge in [-0.25, -0.2) is 0 Å². The van der Waals surface area contributed by atoms with Gasteiger partial charge >= 0.3 is 0 Å². The molecule has 0 aliphatic heterocycles. The van der Waals surface area contributed by atoms with Gasteiger partial charge in [-0.2, -0.15) is 0 Å². The summed E-state index contributed by atoms with van der Waals surface area (Å²) in [5.74, 6) is 0.833. The van der Waals surface area contributed by atoms with Crippen LogP contribution in [0.2, 0.25) is 0 Å². The van der Waals surface area contributed by atoms with E-state index in [9.17, 15) is 4.79 Å². The predicted molar refractivity (Wildman–Crippen MR) is 114 cm³/mol. The highest BCUT2D eigenvalue weighted by Crippen LogP contribution is 2.18. The minimum Gasteiger partial charge on any atom is -0.489 e. The molecule has 3 rings (SSSR count). The second kappa shape index (κ2) is 8.96. The zero-order chi connectivity index (χ0) is 19.1. The fraction of sp³-hybridized carbons (Fsp3) is 0.0909. The van der Waals surface area contributed by atoms with Gasteiger partial charge in [0.1, 0.15) is 12.4 Å². The monoisotopic (exact) mass is 376 g/mol. The van der Waals surface area contributed by atoms with Crippen LogP contribution in [0.5, 0.6) is 5.75 Å². The van der Waals surface area contributed by atoms with Crippen LogP contribution in [0.3, 0.4) is 0 Å². The van der Waals surface area contributed by atoms with Crippen LogP contribution in [0.25, 0.3) is 0 Å². The Balaban J connectivity index is 1.51. The molecule has 0 spiro atoms. The summed E-state index contributed by atoms with van der Waals surface area (Å²) in [6.07, 6.45) is 0. The summed E-state index contributed by atoms with van der Waals surface area (Å²) < 4.78 is 5.77. The number of nitrogens with one attached hydrogen (secondary N) is 2. The predicted octanol–water partition coefficient (Wildman–Crippen LogP) is 5.28. The Hall–Kier alpha value is -3.18. The van der Waals surface area contributed by atoms with Gasteiger partial charge in [0.2, 0.25) is 0 Å². The lowest BCUT2D eigenvalue weighted by atomic mass is 10.1. The molecule has 0 aromatic heterocycles. The van der Waals surface area contributed by atoms with Crippen LogP contribution >= 0.6 is 12.2 Å². The highest BCUT2D eigenvalue weighted by Gasteiger charge is 2.02. The number of ketones is 1. The normalized spacial score (nSPS) is 10.1. The van der Waals surface area contributed by atoms with Crippen LogP contribution in [-0.2, 0) is 6.61 Å². The number of Topliss-reactive ketones (excluding diaryl/α,β-unsaturated/α-hetero) is 1. The lowest BCUT2D eigenvalue weighted by Crippen LogP contribution is -2.19. The van der Waals surface area contributed by atoms with E-state index in [4.69, 9.17) is 17.0 Å². The molecule has 4 nitrogen and oxygen atoms in total. The van der Waals surface area contributed by atoms with E-state index in [0.717, 1.165) is 22.7 Å². The maximum Gasteiger partial charge on any atom is 0.175 e. The molecule has 0 amide bonds. The number of hydrogen-bond acceptors (Lipinski definition) is 3. The van der Waals surface area contributed by atoms with E-state index in [1.54, 1.807) is 19.1 Å². The molecule has 0 aliphatic rings. The zero-order valence-corrected chi connectivity index (χ0v) is 15.8. The number of carbonyl (C=O) groups excluding carboxylic acids is 1. The lowest BCUT2D eigenvalue weighted by molar-refractivity contribution is 0.101. The molecule has 0 unspecified atom stereocenters. The number of benzene rings is 3. The summed E-state index contributed by atoms with van der Waals surface area (Å²) in [6.45, 7) is 2.08. The molecule has 136 valence electrons. The molecule has 0 aliphatic carbocycles. The van der Waals surface area contributed by atoms with Crippen molar-refractivity contribution in [2.24, 2.45) is 0 Å². The molecule has 3 aromatic rings. The number of carbonyl (C=O) groups is 1. The van der Waals surface area contributed by atoms with Crippen LogP contribution < -0.4 is 15.4 Å². The summed E-state index contributed by atoms with van der Waals surface area (Å²) in [5.41, 5.74) is 3.48. The molecular weight excluding hydrogens is 356 g/mol. The van der Waals surface area contributed by atoms with Crippen LogP contribution in [0.1, 0.15) is 22.8 Å². The molecule has 0 fully saturated rings. The second-order valence-corrected chi connectivity index (χ2v) is 6.42. The highest BCUT2D eigenvalue weighted by molar-refractivity contribution is 7.80. The maximum atomic E-state index is 11.3. The van der Waals surface area contributed by atoms with Crippen molar-refractivity contribution in [2.75, 3.05) is 10.6 Å². The van der Waals surface area contributed by atoms with E-state index in [0.29, 0.717) is 17.3 Å². The number of rotatable bonds is 6. The van der Waals surface area contributed by atoms with Crippen LogP contribution in [0.15, 0.2) is 78.9 Å². The van der Waals surface area contributed by atoms with E-state index >= 15 is 0 Å². The van der Waals surface area contributed by atoms with Crippen LogP contribution in [0.4, 0.5) is 11.4 Å². The Bertz CT molecular complexity index is 907. The Morgan fingerprint density at radius 3 is 1.96 bits per heavy atom. The first-order valence-corrected chi connectivity index (χ1v) is 8.97. The Kier molecular flexibility index (Phi) is 6.18. The minimum atomic E-state index is 0.0387. The summed E-state index contributed by atoms with van der Waals surface area (Å²) in [5, 5.41) is 6.70. The van der Waals surface area contributed by atoms with Gasteiger partial charge in [0.25, 0.3) is 0 Å². The summed E-state index contributed by atoms with van der Waals surface area (Å²) in [4.78, 5) is 11.3. The van der Waals surface area contributed by atoms with Crippen molar-refractivity contribution in [3.8, 4) is 5.75 Å². The van der Waals surface area contributed by atoms with E-state index in [1.165, 1.54) is 0 Å². The summed E-state index contributed by atoms with van der Waals surface area (Å²) in [7, 11) is 0. The standard InChI is InChI=1S/C22H20N2O2S/c1-16(25)18-7-9-19(10-8-18)23-22(27)24-20-11-13-21(14-12-20)26-15-17-5-3-2-4-6-17/h2-14H,15H2,1H3,(H2,23,24,27). The Morgan fingerprint density at radius 1 is 0.852 bits per heavy atom. The smallest absolute Gasteiger partial charge is 0.175 e. The van der Waals surface area contributed by atoms with Crippen molar-refractivity contribution in [2.45, 2.75) is 13.5 Å². The fourth-order valence-corrected chi connectivity index (χ4v) is 2.69. The van der Waals surface area contributed by atoms with Crippen molar-refractivity contribution in [3.05, 3.63) is 90.0 Å². The largest absolute Gasteiger partial charge is 0.489 e. The average molecular weight is 376 g/mol. The maximum absolute atomic E-state index is 11.3. The topological polar surface area (TPSA) is 50.4 Å². The van der Waals surface area contributed by atoms with Gasteiger partial charge < -0.3 is 15.4 Å². The van der Waals surface area contributed by atoms with E-state index in [1.807, 2.05) is 66.7 Å². The van der Waals surface area contributed by atoms with E-state index in [-0.39, 0.29) is 5.78 Å². The van der Waals surface area contributed by atoms with Crippen LogP contribution in [-0.4, -0.2) is 10.9 Å². The molecule has 27 heavy (non-hydrogen) atoms. The van der Waals surface area contributed by atoms with Gasteiger partial charge in [0.05, 0.1) is 0 Å². The molecule has 0 heterocycles. The van der Waals surface area contributed by atoms with Gasteiger partial charge in [-0.15, -0.1) is 0 Å². The lowest BCUT2D eigenvalue weighted by Gasteiger charge is -2.12. The third kappa shape index (κ3) is 5.66. The van der Waals surface area contributed by atoms with Crippen molar-refractivity contribution >= 4 is 34.5 Å². The molecule has 0 radical (unpaired) electrons. The quantitative estimate of drug-likeness (QED) is 0.453. The molecule has 3 aromatic carbocycles. The SMILES string of the molecule is CC(=O)c1ccc(NC(=S)Nc2ccc(OCc3ccccc3)cc2)cc1. The third-order valence-corrected chi connectivity index (χ3v) is 4.11. The van der Waals surface area contributed by atoms with Crippen molar-refractivity contribution in [1.29, 1.82) is 0 Å². The van der Waals surface area contributed by atoms with Gasteiger partial charge in [-0.05, 0) is 73.2 Å². The molecule has 0 atom stereocenters. The highest BCUT2D eigenvalue weighted by atomic mass is 32.1. The molecule has 2 N–H and O–H groups in total. The second-order valence-electron chi connectivity index (χ2n) is 6.01. The number of thiocarbonyl (C=S) groups is 1. The fourth-order valence-electron chi connectivity index (χ4n) is 2.46. The first-order valence-electron chi connectivity index (χ1n) is 8.56. The number of hydrogen-bond donors (Lipinski definition) is 2. The average Bonchev–Trinajstić information content (AvgIpc) is 2.68. The first kappa shape index (κ1) is 18.6. The molecule has 0 saturated heterocycles. The first-order chi connectivity index (χ1) is 13.1. The summed E-state index contributed by atoms with van der Waals surface area (Å²) >= 11 is 5.33. The van der Waals surface area contributed by atoms with Crippen molar-refractivity contribution < 1.29 is 9.53 Å². The van der Waals surface area contributed by atoms with Gasteiger partial charge in [-0.1, -0.05) is 30.3 Å². The summed E-state index contributed by atoms with van der Waals surface area (Å²) in [6, 6.07) is 24.8. The van der Waals surface area contributed by atoms with Crippen LogP contribution in [0, 0.1) is 0 Å². The Morgan fingerprint density at radius 2 is 1.41 bits per heavy atom. The minimum absolute atomic E-state index is 0.0387. The Labute approximate surface area is 164 Å². The van der Waals surface area contributed by atoms with E-state index in [2.05, 4.69) is 10.6 Å². The van der Waals surface area contributed by atoms with Crippen molar-refractivity contribution in [1.82, 2.24) is 0 Å². The number of anilines is 2. The van der Waals surface area contributed by atoms with Gasteiger partial charge in [0, 0.05) is 16.9 Å². The van der Waals surface area contributed by atoms with Gasteiger partial charge in [-0.3, -0.25) is 4.79 Å². The number of ether oxygens (including phenoxy) is 1. The third-order valence-electron chi connectivity index (χ3n) is 3.91. The van der Waals surface area contributed by atoms with Gasteiger partial charge in [0.15, 0.2) is 10.9 Å². The molecule has 0 saturated carbocycles. The zero-order valence-electron chi connectivity index (χ0n) is 14.9.